The Balaban J connectivity index is 2.10. The van der Waals surface area contributed by atoms with E-state index in [1.165, 1.54) is 0 Å². The quantitative estimate of drug-likeness (QED) is 0.830. The minimum Gasteiger partial charge on any atom is -0.444 e. The molecule has 0 atom stereocenters. The van der Waals surface area contributed by atoms with E-state index in [-0.39, 0.29) is 23.7 Å². The summed E-state index contributed by atoms with van der Waals surface area (Å²) in [6, 6.07) is 0. The van der Waals surface area contributed by atoms with Crippen LogP contribution in [0.2, 0.25) is 0 Å². The first-order valence-electron chi connectivity index (χ1n) is 6.36. The van der Waals surface area contributed by atoms with Gasteiger partial charge in [-0.3, -0.25) is 4.90 Å². The highest BCUT2D eigenvalue weighted by atomic mass is 16.6. The predicted molar refractivity (Wildman–Crippen MR) is 66.3 cm³/mol. The van der Waals surface area contributed by atoms with E-state index in [1.807, 2.05) is 20.8 Å². The molecule has 2 saturated heterocycles. The molecule has 0 aromatic carbocycles. The molecule has 104 valence electrons. The van der Waals surface area contributed by atoms with E-state index in [0.717, 1.165) is 12.8 Å². The van der Waals surface area contributed by atoms with Gasteiger partial charge in [-0.1, -0.05) is 0 Å². The van der Waals surface area contributed by atoms with Crippen LogP contribution in [0.4, 0.5) is 4.79 Å². The second-order valence-electron chi connectivity index (χ2n) is 6.74. The number of carbonyl (C=O) groups is 1. The number of aliphatic hydroxyl groups is 1. The molecule has 0 radical (unpaired) electrons. The molecular formula is C13H23NO4. The summed E-state index contributed by atoms with van der Waals surface area (Å²) >= 11 is 0. The van der Waals surface area contributed by atoms with Crippen molar-refractivity contribution in [2.45, 2.75) is 44.8 Å². The number of ether oxygens (including phenoxy) is 2. The number of aliphatic hydroxyl groups excluding tert-OH is 1. The third kappa shape index (κ3) is 2.10. The number of methoxy groups -OCH3 is 1. The van der Waals surface area contributed by atoms with E-state index in [0.29, 0.717) is 13.2 Å². The molecule has 1 aliphatic carbocycles. The standard InChI is InChI=1S/C13H23NO4/c1-11(2,3)18-10(16)14-7-12(8-15)5-13(14,6-12)9-17-4/h15H,5-9H2,1-4H3. The zero-order valence-electron chi connectivity index (χ0n) is 11.7. The van der Waals surface area contributed by atoms with Gasteiger partial charge in [0.25, 0.3) is 0 Å². The number of nitrogens with zero attached hydrogens (tertiary/aromatic N) is 1. The summed E-state index contributed by atoms with van der Waals surface area (Å²) in [5, 5.41) is 9.46. The summed E-state index contributed by atoms with van der Waals surface area (Å²) in [6.45, 7) is 6.77. The van der Waals surface area contributed by atoms with E-state index in [1.54, 1.807) is 12.0 Å². The van der Waals surface area contributed by atoms with E-state index in [2.05, 4.69) is 0 Å². The zero-order chi connectivity index (χ0) is 13.6. The fourth-order valence-electron chi connectivity index (χ4n) is 3.34. The second kappa shape index (κ2) is 4.10. The molecule has 0 spiro atoms. The maximum atomic E-state index is 12.2. The fourth-order valence-corrected chi connectivity index (χ4v) is 3.34. The van der Waals surface area contributed by atoms with Gasteiger partial charge >= 0.3 is 6.09 Å². The zero-order valence-corrected chi connectivity index (χ0v) is 11.7. The van der Waals surface area contributed by atoms with Crippen molar-refractivity contribution in [3.05, 3.63) is 0 Å². The number of hydrogen-bond acceptors (Lipinski definition) is 4. The minimum atomic E-state index is -0.495. The van der Waals surface area contributed by atoms with Gasteiger partial charge in [0.15, 0.2) is 0 Å². The van der Waals surface area contributed by atoms with Gasteiger partial charge in [0.05, 0.1) is 18.8 Å². The lowest BCUT2D eigenvalue weighted by molar-refractivity contribution is -0.0396. The maximum absolute atomic E-state index is 12.2. The second-order valence-corrected chi connectivity index (χ2v) is 6.74. The molecule has 2 aliphatic heterocycles. The van der Waals surface area contributed by atoms with E-state index >= 15 is 0 Å². The Kier molecular flexibility index (Phi) is 3.10. The molecule has 18 heavy (non-hydrogen) atoms. The Morgan fingerprint density at radius 2 is 2.00 bits per heavy atom. The highest BCUT2D eigenvalue weighted by molar-refractivity contribution is 5.71. The average Bonchev–Trinajstić information content (AvgIpc) is 2.66. The van der Waals surface area contributed by atoms with Crippen LogP contribution in [-0.4, -0.2) is 54.1 Å². The normalized spacial score (nSPS) is 34.4. The minimum absolute atomic E-state index is 0.123. The Hall–Kier alpha value is -0.810. The molecule has 2 heterocycles. The lowest BCUT2D eigenvalue weighted by atomic mass is 9.62. The molecule has 3 aliphatic rings. The highest BCUT2D eigenvalue weighted by Gasteiger charge is 2.67. The summed E-state index contributed by atoms with van der Waals surface area (Å²) < 4.78 is 10.7. The molecule has 1 saturated carbocycles. The molecule has 0 aromatic rings. The summed E-state index contributed by atoms with van der Waals surface area (Å²) in [6.07, 6.45) is 1.32. The highest BCUT2D eigenvalue weighted by Crippen LogP contribution is 2.59. The Morgan fingerprint density at radius 3 is 2.44 bits per heavy atom. The molecule has 3 rings (SSSR count). The third-order valence-electron chi connectivity index (χ3n) is 3.84. The van der Waals surface area contributed by atoms with Crippen LogP contribution in [0.3, 0.4) is 0 Å². The first kappa shape index (κ1) is 13.6. The number of hydrogen-bond donors (Lipinski definition) is 1. The smallest absolute Gasteiger partial charge is 0.410 e. The summed E-state index contributed by atoms with van der Waals surface area (Å²) in [5.74, 6) is 0. The Bertz CT molecular complexity index is 341. The molecule has 0 aromatic heterocycles. The molecule has 2 bridgehead atoms. The average molecular weight is 257 g/mol. The van der Waals surface area contributed by atoms with Crippen molar-refractivity contribution in [3.63, 3.8) is 0 Å². The van der Waals surface area contributed by atoms with Crippen molar-refractivity contribution >= 4 is 6.09 Å². The monoisotopic (exact) mass is 257 g/mol. The van der Waals surface area contributed by atoms with Gasteiger partial charge in [-0.05, 0) is 33.6 Å². The van der Waals surface area contributed by atoms with Crippen LogP contribution in [0.25, 0.3) is 0 Å². The number of rotatable bonds is 3. The summed E-state index contributed by atoms with van der Waals surface area (Å²) in [4.78, 5) is 14.0. The summed E-state index contributed by atoms with van der Waals surface area (Å²) in [5.41, 5.74) is -0.889. The fraction of sp³-hybridized carbons (Fsp3) is 0.923. The molecule has 5 heteroatoms. The van der Waals surface area contributed by atoms with Gasteiger partial charge in [-0.2, -0.15) is 0 Å². The van der Waals surface area contributed by atoms with Crippen molar-refractivity contribution in [2.75, 3.05) is 26.9 Å². The molecule has 1 amide bonds. The van der Waals surface area contributed by atoms with Crippen molar-refractivity contribution in [1.82, 2.24) is 4.90 Å². The van der Waals surface area contributed by atoms with Crippen LogP contribution in [0.15, 0.2) is 0 Å². The van der Waals surface area contributed by atoms with E-state index in [9.17, 15) is 9.90 Å². The molecule has 1 N–H and O–H groups in total. The van der Waals surface area contributed by atoms with E-state index < -0.39 is 5.60 Å². The van der Waals surface area contributed by atoms with Gasteiger partial charge < -0.3 is 14.6 Å². The van der Waals surface area contributed by atoms with Crippen LogP contribution in [0, 0.1) is 5.41 Å². The molecular weight excluding hydrogens is 234 g/mol. The summed E-state index contributed by atoms with van der Waals surface area (Å²) in [7, 11) is 1.64. The third-order valence-corrected chi connectivity index (χ3v) is 3.84. The first-order valence-corrected chi connectivity index (χ1v) is 6.36. The van der Waals surface area contributed by atoms with Crippen LogP contribution in [0.1, 0.15) is 33.6 Å². The van der Waals surface area contributed by atoms with Crippen molar-refractivity contribution in [3.8, 4) is 0 Å². The number of carbonyl (C=O) groups excluding carboxylic acids is 1. The van der Waals surface area contributed by atoms with Gasteiger partial charge in [-0.15, -0.1) is 0 Å². The van der Waals surface area contributed by atoms with Crippen molar-refractivity contribution < 1.29 is 19.4 Å². The Labute approximate surface area is 108 Å². The molecule has 3 fully saturated rings. The van der Waals surface area contributed by atoms with Gasteiger partial charge in [0.1, 0.15) is 5.60 Å². The lowest BCUT2D eigenvalue weighted by Crippen LogP contribution is -2.55. The number of fused-ring (bicyclic) bond motifs is 1. The Morgan fingerprint density at radius 1 is 1.39 bits per heavy atom. The van der Waals surface area contributed by atoms with Crippen LogP contribution in [0.5, 0.6) is 0 Å². The van der Waals surface area contributed by atoms with Crippen LogP contribution in [-0.2, 0) is 9.47 Å². The molecule has 5 nitrogen and oxygen atoms in total. The van der Waals surface area contributed by atoms with Crippen molar-refractivity contribution in [2.24, 2.45) is 5.41 Å². The van der Waals surface area contributed by atoms with E-state index in [4.69, 9.17) is 9.47 Å². The first-order chi connectivity index (χ1) is 8.26. The van der Waals surface area contributed by atoms with Gasteiger partial charge in [-0.25, -0.2) is 4.79 Å². The SMILES string of the molecule is COCC12CC(CO)(CN1C(=O)OC(C)(C)C)C2. The number of amides is 1. The topological polar surface area (TPSA) is 59.0 Å². The van der Waals surface area contributed by atoms with Crippen molar-refractivity contribution in [1.29, 1.82) is 0 Å². The van der Waals surface area contributed by atoms with Crippen LogP contribution < -0.4 is 0 Å². The molecule has 0 unspecified atom stereocenters. The van der Waals surface area contributed by atoms with Gasteiger partial charge in [0, 0.05) is 19.1 Å². The maximum Gasteiger partial charge on any atom is 0.410 e. The van der Waals surface area contributed by atoms with Crippen LogP contribution >= 0.6 is 0 Å². The predicted octanol–water partition coefficient (Wildman–Crippen LogP) is 1.39. The largest absolute Gasteiger partial charge is 0.444 e. The lowest BCUT2D eigenvalue weighted by Gasteiger charge is -2.46. The van der Waals surface area contributed by atoms with Gasteiger partial charge in [0.2, 0.25) is 0 Å².